The molecule has 0 aliphatic heterocycles. The van der Waals surface area contributed by atoms with Gasteiger partial charge in [0.25, 0.3) is 0 Å². The third kappa shape index (κ3) is 4.11. The van der Waals surface area contributed by atoms with E-state index < -0.39 is 10.1 Å². The van der Waals surface area contributed by atoms with Gasteiger partial charge < -0.3 is 9.45 Å². The molecule has 0 aliphatic carbocycles. The Hall–Kier alpha value is -2.25. The summed E-state index contributed by atoms with van der Waals surface area (Å²) in [6, 6.07) is 12.8. The number of hydrogen-bond acceptors (Lipinski definition) is 6. The van der Waals surface area contributed by atoms with Crippen molar-refractivity contribution in [2.45, 2.75) is 4.90 Å². The lowest BCUT2D eigenvalue weighted by molar-refractivity contribution is 0.463. The predicted octanol–water partition coefficient (Wildman–Crippen LogP) is 3.07. The van der Waals surface area contributed by atoms with Crippen LogP contribution in [0.4, 0.5) is 17.1 Å². The highest BCUT2D eigenvalue weighted by Gasteiger charge is 2.00. The summed E-state index contributed by atoms with van der Waals surface area (Å²) in [6.45, 7) is 0. The van der Waals surface area contributed by atoms with Gasteiger partial charge in [-0.3, -0.25) is 0 Å². The minimum absolute atomic E-state index is 0.281. The molecule has 21 heavy (non-hydrogen) atoms. The van der Waals surface area contributed by atoms with E-state index in [-0.39, 0.29) is 4.90 Å². The Kier molecular flexibility index (Phi) is 4.35. The summed E-state index contributed by atoms with van der Waals surface area (Å²) in [5.41, 5.74) is 2.21. The predicted molar refractivity (Wildman–Crippen MR) is 79.4 cm³/mol. The third-order valence-electron chi connectivity index (χ3n) is 2.77. The van der Waals surface area contributed by atoms with Crippen LogP contribution in [-0.2, 0) is 10.1 Å². The van der Waals surface area contributed by atoms with Crippen molar-refractivity contribution in [1.29, 1.82) is 0 Å². The van der Waals surface area contributed by atoms with Gasteiger partial charge in [-0.05, 0) is 48.5 Å². The van der Waals surface area contributed by atoms with Crippen LogP contribution < -0.4 is 4.90 Å². The first-order valence-electron chi connectivity index (χ1n) is 6.11. The standard InChI is InChI=1S/C14H15N3O3S/c1-17(2)13-7-3-11(4-8-13)15-16-12-5-9-14(10-6-12)21(18,19)20/h3-10H,1-2H3,(H,18,19,20)/p-1. The highest BCUT2D eigenvalue weighted by molar-refractivity contribution is 7.85. The lowest BCUT2D eigenvalue weighted by atomic mass is 10.3. The highest BCUT2D eigenvalue weighted by atomic mass is 32.2. The van der Waals surface area contributed by atoms with Gasteiger partial charge in [-0.15, -0.1) is 0 Å². The van der Waals surface area contributed by atoms with E-state index in [4.69, 9.17) is 0 Å². The van der Waals surface area contributed by atoms with Gasteiger partial charge in [-0.1, -0.05) is 0 Å². The summed E-state index contributed by atoms with van der Waals surface area (Å²) in [4.78, 5) is 1.69. The second kappa shape index (κ2) is 6.02. The molecular weight excluding hydrogens is 290 g/mol. The van der Waals surface area contributed by atoms with Crippen LogP contribution in [0.25, 0.3) is 0 Å². The Balaban J connectivity index is 2.14. The van der Waals surface area contributed by atoms with E-state index in [0.29, 0.717) is 11.4 Å². The minimum Gasteiger partial charge on any atom is -0.744 e. The average molecular weight is 304 g/mol. The van der Waals surface area contributed by atoms with Gasteiger partial charge in [-0.2, -0.15) is 10.2 Å². The Bertz CT molecular complexity index is 736. The molecule has 0 aromatic heterocycles. The van der Waals surface area contributed by atoms with Crippen molar-refractivity contribution < 1.29 is 13.0 Å². The normalized spacial score (nSPS) is 11.8. The number of anilines is 1. The summed E-state index contributed by atoms with van der Waals surface area (Å²) in [6.07, 6.45) is 0. The molecule has 7 heteroatoms. The van der Waals surface area contributed by atoms with Crippen LogP contribution in [-0.4, -0.2) is 27.1 Å². The van der Waals surface area contributed by atoms with Crippen LogP contribution in [0.1, 0.15) is 0 Å². The summed E-state index contributed by atoms with van der Waals surface area (Å²) in [7, 11) is -0.533. The van der Waals surface area contributed by atoms with E-state index in [1.165, 1.54) is 24.3 Å². The molecule has 0 saturated carbocycles. The first-order chi connectivity index (χ1) is 9.86. The first-order valence-corrected chi connectivity index (χ1v) is 7.52. The molecule has 0 atom stereocenters. The maximum Gasteiger partial charge on any atom is 0.124 e. The van der Waals surface area contributed by atoms with Crippen LogP contribution >= 0.6 is 0 Å². The topological polar surface area (TPSA) is 85.2 Å². The van der Waals surface area contributed by atoms with Crippen molar-refractivity contribution in [1.82, 2.24) is 0 Å². The van der Waals surface area contributed by atoms with Gasteiger partial charge in [0, 0.05) is 19.8 Å². The van der Waals surface area contributed by atoms with Crippen LogP contribution in [0.3, 0.4) is 0 Å². The zero-order chi connectivity index (χ0) is 15.5. The second-order valence-corrected chi connectivity index (χ2v) is 5.94. The Morgan fingerprint density at radius 2 is 1.29 bits per heavy atom. The van der Waals surface area contributed by atoms with E-state index in [9.17, 15) is 13.0 Å². The molecule has 0 aliphatic rings. The van der Waals surface area contributed by atoms with Crippen LogP contribution in [0.15, 0.2) is 63.7 Å². The monoisotopic (exact) mass is 304 g/mol. The van der Waals surface area contributed by atoms with E-state index in [1.54, 1.807) is 0 Å². The number of rotatable bonds is 4. The van der Waals surface area contributed by atoms with Crippen molar-refractivity contribution in [2.24, 2.45) is 10.2 Å². The molecule has 6 nitrogen and oxygen atoms in total. The molecule has 2 aromatic rings. The van der Waals surface area contributed by atoms with Crippen molar-refractivity contribution in [3.05, 3.63) is 48.5 Å². The zero-order valence-electron chi connectivity index (χ0n) is 11.6. The SMILES string of the molecule is CN(C)c1ccc(N=Nc2ccc(S(=O)(=O)[O-])cc2)cc1. The molecule has 0 amide bonds. The molecular formula is C14H14N3O3S-. The van der Waals surface area contributed by atoms with Crippen LogP contribution in [0, 0.1) is 0 Å². The molecule has 2 aromatic carbocycles. The maximum absolute atomic E-state index is 10.8. The summed E-state index contributed by atoms with van der Waals surface area (Å²) < 4.78 is 32.4. The zero-order valence-corrected chi connectivity index (χ0v) is 12.4. The molecule has 0 spiro atoms. The molecule has 0 bridgehead atoms. The largest absolute Gasteiger partial charge is 0.744 e. The Morgan fingerprint density at radius 1 is 0.857 bits per heavy atom. The maximum atomic E-state index is 10.8. The van der Waals surface area contributed by atoms with E-state index in [1.807, 2.05) is 43.3 Å². The van der Waals surface area contributed by atoms with Crippen LogP contribution in [0.5, 0.6) is 0 Å². The third-order valence-corrected chi connectivity index (χ3v) is 3.62. The first kappa shape index (κ1) is 15.1. The van der Waals surface area contributed by atoms with E-state index >= 15 is 0 Å². The van der Waals surface area contributed by atoms with E-state index in [2.05, 4.69) is 10.2 Å². The Labute approximate surface area is 123 Å². The van der Waals surface area contributed by atoms with Crippen molar-refractivity contribution >= 4 is 27.2 Å². The smallest absolute Gasteiger partial charge is 0.124 e. The van der Waals surface area contributed by atoms with Crippen molar-refractivity contribution in [3.8, 4) is 0 Å². The molecule has 0 N–H and O–H groups in total. The Morgan fingerprint density at radius 3 is 1.67 bits per heavy atom. The number of benzene rings is 2. The summed E-state index contributed by atoms with van der Waals surface area (Å²) in [5, 5.41) is 8.04. The molecule has 110 valence electrons. The summed E-state index contributed by atoms with van der Waals surface area (Å²) >= 11 is 0. The quantitative estimate of drug-likeness (QED) is 0.641. The number of hydrogen-bond donors (Lipinski definition) is 0. The van der Waals surface area contributed by atoms with E-state index in [0.717, 1.165) is 5.69 Å². The fourth-order valence-electron chi connectivity index (χ4n) is 1.61. The second-order valence-electron chi connectivity index (χ2n) is 4.56. The molecule has 2 rings (SSSR count). The van der Waals surface area contributed by atoms with Gasteiger partial charge >= 0.3 is 0 Å². The van der Waals surface area contributed by atoms with Gasteiger partial charge in [0.1, 0.15) is 10.1 Å². The number of nitrogens with zero attached hydrogens (tertiary/aromatic N) is 3. The van der Waals surface area contributed by atoms with Gasteiger partial charge in [0.2, 0.25) is 0 Å². The fraction of sp³-hybridized carbons (Fsp3) is 0.143. The minimum atomic E-state index is -4.43. The molecule has 0 heterocycles. The lowest BCUT2D eigenvalue weighted by Crippen LogP contribution is -2.07. The number of azo groups is 1. The highest BCUT2D eigenvalue weighted by Crippen LogP contribution is 2.22. The van der Waals surface area contributed by atoms with Crippen LogP contribution in [0.2, 0.25) is 0 Å². The average Bonchev–Trinajstić information content (AvgIpc) is 2.45. The van der Waals surface area contributed by atoms with Gasteiger partial charge in [-0.25, -0.2) is 8.42 Å². The van der Waals surface area contributed by atoms with Crippen molar-refractivity contribution in [2.75, 3.05) is 19.0 Å². The molecule has 0 fully saturated rings. The lowest BCUT2D eigenvalue weighted by Gasteiger charge is -2.11. The fourth-order valence-corrected chi connectivity index (χ4v) is 2.08. The van der Waals surface area contributed by atoms with Gasteiger partial charge in [0.05, 0.1) is 16.3 Å². The van der Waals surface area contributed by atoms with Gasteiger partial charge in [0.15, 0.2) is 0 Å². The summed E-state index contributed by atoms with van der Waals surface area (Å²) in [5.74, 6) is 0. The molecule has 0 saturated heterocycles. The molecule has 0 radical (unpaired) electrons. The molecule has 0 unspecified atom stereocenters. The van der Waals surface area contributed by atoms with Crippen molar-refractivity contribution in [3.63, 3.8) is 0 Å².